The van der Waals surface area contributed by atoms with Gasteiger partial charge in [-0.05, 0) is 37.1 Å². The number of carbonyl (C=O) groups excluding carboxylic acids is 3. The molecule has 0 radical (unpaired) electrons. The van der Waals surface area contributed by atoms with Crippen LogP contribution in [-0.4, -0.2) is 54.3 Å². The van der Waals surface area contributed by atoms with E-state index in [9.17, 15) is 14.4 Å². The number of nitrogens with zero attached hydrogens (tertiary/aromatic N) is 3. The van der Waals surface area contributed by atoms with E-state index in [2.05, 4.69) is 10.3 Å². The molecular formula is C21H24N4O4S. The molecule has 0 spiro atoms. The maximum Gasteiger partial charge on any atom is 0.231 e. The predicted molar refractivity (Wildman–Crippen MR) is 114 cm³/mol. The zero-order chi connectivity index (χ0) is 21.1. The minimum atomic E-state index is -0.389. The number of benzene rings is 1. The first-order valence-electron chi connectivity index (χ1n) is 9.98. The molecule has 8 nitrogen and oxygen atoms in total. The molecule has 0 aliphatic carbocycles. The molecule has 2 saturated heterocycles. The summed E-state index contributed by atoms with van der Waals surface area (Å²) >= 11 is 1.37. The first-order valence-corrected chi connectivity index (χ1v) is 10.9. The zero-order valence-corrected chi connectivity index (χ0v) is 17.6. The van der Waals surface area contributed by atoms with Crippen LogP contribution in [0.15, 0.2) is 35.8 Å². The number of aromatic nitrogens is 1. The highest BCUT2D eigenvalue weighted by atomic mass is 32.1. The number of piperidine rings is 1. The second-order valence-corrected chi connectivity index (χ2v) is 8.45. The van der Waals surface area contributed by atoms with E-state index in [-0.39, 0.29) is 36.0 Å². The number of ether oxygens (including phenoxy) is 1. The second-order valence-electron chi connectivity index (χ2n) is 7.55. The highest BCUT2D eigenvalue weighted by molar-refractivity contribution is 7.13. The molecule has 2 fully saturated rings. The van der Waals surface area contributed by atoms with Gasteiger partial charge >= 0.3 is 0 Å². The smallest absolute Gasteiger partial charge is 0.231 e. The average molecular weight is 429 g/mol. The van der Waals surface area contributed by atoms with Gasteiger partial charge < -0.3 is 19.9 Å². The van der Waals surface area contributed by atoms with Crippen LogP contribution in [0, 0.1) is 11.8 Å². The molecule has 2 aromatic rings. The van der Waals surface area contributed by atoms with E-state index in [1.54, 1.807) is 40.6 Å². The maximum absolute atomic E-state index is 13.1. The Bertz CT molecular complexity index is 916. The molecule has 2 atom stereocenters. The van der Waals surface area contributed by atoms with Crippen LogP contribution in [0.3, 0.4) is 0 Å². The number of thiazole rings is 1. The molecule has 9 heteroatoms. The van der Waals surface area contributed by atoms with E-state index >= 15 is 0 Å². The van der Waals surface area contributed by atoms with Gasteiger partial charge in [0.2, 0.25) is 17.7 Å². The van der Waals surface area contributed by atoms with Gasteiger partial charge in [0.25, 0.3) is 0 Å². The van der Waals surface area contributed by atoms with Crippen molar-refractivity contribution >= 4 is 39.9 Å². The Morgan fingerprint density at radius 1 is 1.20 bits per heavy atom. The summed E-state index contributed by atoms with van der Waals surface area (Å²) in [7, 11) is 1.59. The molecule has 1 N–H and O–H groups in total. The minimum absolute atomic E-state index is 0.0499. The van der Waals surface area contributed by atoms with Gasteiger partial charge in [0.15, 0.2) is 5.13 Å². The van der Waals surface area contributed by atoms with Crippen molar-refractivity contribution in [2.75, 3.05) is 37.0 Å². The Morgan fingerprint density at radius 2 is 2.00 bits per heavy atom. The fraction of sp³-hybridized carbons (Fsp3) is 0.429. The number of anilines is 2. The normalized spacial score (nSPS) is 21.6. The van der Waals surface area contributed by atoms with E-state index < -0.39 is 0 Å². The summed E-state index contributed by atoms with van der Waals surface area (Å²) in [6.45, 7) is 1.35. The topological polar surface area (TPSA) is 91.8 Å². The van der Waals surface area contributed by atoms with E-state index in [1.807, 2.05) is 12.1 Å². The number of methoxy groups -OCH3 is 1. The molecule has 0 saturated carbocycles. The molecule has 158 valence electrons. The highest BCUT2D eigenvalue weighted by Gasteiger charge is 2.39. The summed E-state index contributed by atoms with van der Waals surface area (Å²) in [6.07, 6.45) is 3.34. The van der Waals surface area contributed by atoms with Gasteiger partial charge in [-0.3, -0.25) is 14.4 Å². The van der Waals surface area contributed by atoms with Crippen molar-refractivity contribution in [3.8, 4) is 5.75 Å². The monoisotopic (exact) mass is 428 g/mol. The molecule has 2 aliphatic rings. The number of likely N-dealkylation sites (tertiary alicyclic amines) is 1. The van der Waals surface area contributed by atoms with Gasteiger partial charge in [-0.25, -0.2) is 4.98 Å². The SMILES string of the molecule is COc1ccc(N2C[C@@H](C(=O)N3CCC[C@H](C(=O)Nc4nccs4)C3)CC2=O)cc1. The number of rotatable bonds is 5. The lowest BCUT2D eigenvalue weighted by molar-refractivity contribution is -0.138. The van der Waals surface area contributed by atoms with Crippen LogP contribution in [0.2, 0.25) is 0 Å². The Balaban J connectivity index is 1.37. The van der Waals surface area contributed by atoms with E-state index in [1.165, 1.54) is 11.3 Å². The summed E-state index contributed by atoms with van der Waals surface area (Å²) in [5.41, 5.74) is 0.760. The van der Waals surface area contributed by atoms with Gasteiger partial charge in [-0.2, -0.15) is 0 Å². The van der Waals surface area contributed by atoms with Crippen LogP contribution in [-0.2, 0) is 14.4 Å². The quantitative estimate of drug-likeness (QED) is 0.790. The van der Waals surface area contributed by atoms with E-state index in [0.29, 0.717) is 30.5 Å². The Labute approximate surface area is 178 Å². The molecule has 0 bridgehead atoms. The number of hydrogen-bond donors (Lipinski definition) is 1. The van der Waals surface area contributed by atoms with Gasteiger partial charge in [0.1, 0.15) is 5.75 Å². The number of hydrogen-bond acceptors (Lipinski definition) is 6. The Hall–Kier alpha value is -2.94. The zero-order valence-electron chi connectivity index (χ0n) is 16.7. The molecule has 30 heavy (non-hydrogen) atoms. The van der Waals surface area contributed by atoms with Gasteiger partial charge in [0.05, 0.1) is 18.9 Å². The summed E-state index contributed by atoms with van der Waals surface area (Å²) in [5, 5.41) is 5.20. The van der Waals surface area contributed by atoms with Gasteiger partial charge in [-0.15, -0.1) is 11.3 Å². The van der Waals surface area contributed by atoms with Crippen LogP contribution in [0.5, 0.6) is 5.75 Å². The molecule has 2 aliphatic heterocycles. The summed E-state index contributed by atoms with van der Waals surface area (Å²) in [4.78, 5) is 45.6. The number of carbonyl (C=O) groups is 3. The van der Waals surface area contributed by atoms with Crippen LogP contribution >= 0.6 is 11.3 Å². The van der Waals surface area contributed by atoms with E-state index in [4.69, 9.17) is 4.74 Å². The first kappa shape index (κ1) is 20.3. The lowest BCUT2D eigenvalue weighted by Gasteiger charge is -2.33. The summed E-state index contributed by atoms with van der Waals surface area (Å²) < 4.78 is 5.16. The van der Waals surface area contributed by atoms with Crippen molar-refractivity contribution in [3.05, 3.63) is 35.8 Å². The summed E-state index contributed by atoms with van der Waals surface area (Å²) in [6, 6.07) is 7.25. The van der Waals surface area contributed by atoms with Crippen LogP contribution < -0.4 is 15.0 Å². The molecule has 3 heterocycles. The van der Waals surface area contributed by atoms with Crippen molar-refractivity contribution < 1.29 is 19.1 Å². The van der Waals surface area contributed by atoms with Gasteiger partial charge in [-0.1, -0.05) is 0 Å². The average Bonchev–Trinajstić information content (AvgIpc) is 3.43. The molecule has 4 rings (SSSR count). The second kappa shape index (κ2) is 8.83. The van der Waals surface area contributed by atoms with Crippen molar-refractivity contribution in [3.63, 3.8) is 0 Å². The molecule has 0 unspecified atom stereocenters. The third-order valence-electron chi connectivity index (χ3n) is 5.62. The molecule has 1 aromatic heterocycles. The lowest BCUT2D eigenvalue weighted by atomic mass is 9.95. The number of nitrogens with one attached hydrogen (secondary N) is 1. The van der Waals surface area contributed by atoms with Crippen LogP contribution in [0.25, 0.3) is 0 Å². The van der Waals surface area contributed by atoms with Crippen molar-refractivity contribution in [2.45, 2.75) is 19.3 Å². The largest absolute Gasteiger partial charge is 0.497 e. The van der Waals surface area contributed by atoms with Crippen molar-refractivity contribution in [2.24, 2.45) is 11.8 Å². The third-order valence-corrected chi connectivity index (χ3v) is 6.31. The van der Waals surface area contributed by atoms with Crippen LogP contribution in [0.4, 0.5) is 10.8 Å². The summed E-state index contributed by atoms with van der Waals surface area (Å²) in [5.74, 6) is -0.153. The first-order chi connectivity index (χ1) is 14.5. The molecular weight excluding hydrogens is 404 g/mol. The van der Waals surface area contributed by atoms with E-state index in [0.717, 1.165) is 18.5 Å². The standard InChI is InChI=1S/C21H24N4O4S/c1-29-17-6-4-16(5-7-17)25-13-15(11-18(25)26)20(28)24-9-2-3-14(12-24)19(27)23-21-22-8-10-30-21/h4-8,10,14-15H,2-3,9,11-13H2,1H3,(H,22,23,27)/t14-,15-/m0/s1. The fourth-order valence-corrected chi connectivity index (χ4v) is 4.56. The minimum Gasteiger partial charge on any atom is -0.497 e. The molecule has 3 amide bonds. The fourth-order valence-electron chi connectivity index (χ4n) is 4.03. The van der Waals surface area contributed by atoms with Crippen molar-refractivity contribution in [1.29, 1.82) is 0 Å². The maximum atomic E-state index is 13.1. The predicted octanol–water partition coefficient (Wildman–Crippen LogP) is 2.38. The third kappa shape index (κ3) is 4.30. The van der Waals surface area contributed by atoms with Gasteiger partial charge in [0, 0.05) is 43.3 Å². The number of amides is 3. The van der Waals surface area contributed by atoms with Crippen molar-refractivity contribution in [1.82, 2.24) is 9.88 Å². The highest BCUT2D eigenvalue weighted by Crippen LogP contribution is 2.29. The lowest BCUT2D eigenvalue weighted by Crippen LogP contribution is -2.46. The molecule has 1 aromatic carbocycles. The van der Waals surface area contributed by atoms with Crippen LogP contribution in [0.1, 0.15) is 19.3 Å². The Morgan fingerprint density at radius 3 is 2.70 bits per heavy atom. The Kier molecular flexibility index (Phi) is 5.98.